The molecule has 4 nitrogen and oxygen atoms in total. The van der Waals surface area contributed by atoms with Crippen LogP contribution in [-0.2, 0) is 6.18 Å². The molecule has 0 radical (unpaired) electrons. The quantitative estimate of drug-likeness (QED) is 0.937. The van der Waals surface area contributed by atoms with Crippen molar-refractivity contribution in [3.05, 3.63) is 42.0 Å². The molecule has 2 aromatic rings. The second-order valence-corrected chi connectivity index (χ2v) is 3.89. The van der Waals surface area contributed by atoms with Crippen molar-refractivity contribution in [2.75, 3.05) is 12.8 Å². The summed E-state index contributed by atoms with van der Waals surface area (Å²) in [6, 6.07) is 7.88. The third kappa shape index (κ3) is 3.31. The second kappa shape index (κ2) is 5.28. The zero-order valence-electron chi connectivity index (χ0n) is 10.4. The highest BCUT2D eigenvalue weighted by Gasteiger charge is 2.31. The minimum Gasteiger partial charge on any atom is -0.497 e. The third-order valence-electron chi connectivity index (χ3n) is 2.43. The molecule has 2 rings (SSSR count). The average molecular weight is 284 g/mol. The molecule has 2 N–H and O–H groups in total. The fraction of sp³-hybridized carbons (Fsp3) is 0.154. The molecule has 0 spiro atoms. The fourth-order valence-electron chi connectivity index (χ4n) is 1.51. The van der Waals surface area contributed by atoms with Gasteiger partial charge in [-0.15, -0.1) is 0 Å². The van der Waals surface area contributed by atoms with Crippen LogP contribution in [0.1, 0.15) is 5.56 Å². The first-order valence-electron chi connectivity index (χ1n) is 5.55. The monoisotopic (exact) mass is 284 g/mol. The van der Waals surface area contributed by atoms with Gasteiger partial charge in [-0.2, -0.15) is 18.2 Å². The number of methoxy groups -OCH3 is 1. The number of pyridine rings is 1. The summed E-state index contributed by atoms with van der Waals surface area (Å²) in [4.78, 5) is 3.71. The molecule has 0 unspecified atom stereocenters. The Morgan fingerprint density at radius 1 is 1.05 bits per heavy atom. The van der Waals surface area contributed by atoms with Crippen LogP contribution in [0.25, 0.3) is 0 Å². The van der Waals surface area contributed by atoms with Gasteiger partial charge in [0, 0.05) is 6.07 Å². The number of nitrogens with two attached hydrogens (primary N) is 1. The number of ether oxygens (including phenoxy) is 2. The lowest BCUT2D eigenvalue weighted by atomic mass is 10.2. The van der Waals surface area contributed by atoms with Gasteiger partial charge in [-0.1, -0.05) is 0 Å². The summed E-state index contributed by atoms with van der Waals surface area (Å²) < 4.78 is 48.1. The van der Waals surface area contributed by atoms with E-state index in [9.17, 15) is 13.2 Å². The van der Waals surface area contributed by atoms with Crippen LogP contribution >= 0.6 is 0 Å². The first-order valence-corrected chi connectivity index (χ1v) is 5.55. The van der Waals surface area contributed by atoms with Crippen LogP contribution < -0.4 is 15.2 Å². The first kappa shape index (κ1) is 14.0. The van der Waals surface area contributed by atoms with Gasteiger partial charge >= 0.3 is 6.18 Å². The Morgan fingerprint density at radius 2 is 1.65 bits per heavy atom. The number of hydrogen-bond acceptors (Lipinski definition) is 4. The molecule has 0 saturated carbocycles. The molecule has 0 atom stereocenters. The maximum Gasteiger partial charge on any atom is 0.416 e. The van der Waals surface area contributed by atoms with Gasteiger partial charge in [0.25, 0.3) is 0 Å². The van der Waals surface area contributed by atoms with E-state index in [4.69, 9.17) is 15.2 Å². The van der Waals surface area contributed by atoms with E-state index in [1.54, 1.807) is 24.3 Å². The Hall–Kier alpha value is -2.44. The van der Waals surface area contributed by atoms with Crippen molar-refractivity contribution in [2.24, 2.45) is 0 Å². The highest BCUT2D eigenvalue weighted by molar-refractivity contribution is 5.40. The Bertz CT molecular complexity index is 598. The van der Waals surface area contributed by atoms with Gasteiger partial charge in [0.05, 0.1) is 12.7 Å². The van der Waals surface area contributed by atoms with Gasteiger partial charge in [-0.3, -0.25) is 0 Å². The summed E-state index contributed by atoms with van der Waals surface area (Å²) in [6.45, 7) is 0. The van der Waals surface area contributed by atoms with E-state index < -0.39 is 11.7 Å². The van der Waals surface area contributed by atoms with Crippen LogP contribution in [0.15, 0.2) is 36.4 Å². The van der Waals surface area contributed by atoms with Crippen molar-refractivity contribution in [2.45, 2.75) is 6.18 Å². The van der Waals surface area contributed by atoms with Gasteiger partial charge in [-0.05, 0) is 30.3 Å². The molecule has 106 valence electrons. The van der Waals surface area contributed by atoms with Crippen LogP contribution in [0, 0.1) is 0 Å². The Morgan fingerprint density at radius 3 is 2.20 bits per heavy atom. The van der Waals surface area contributed by atoms with E-state index in [0.717, 1.165) is 12.1 Å². The van der Waals surface area contributed by atoms with Crippen molar-refractivity contribution in [1.82, 2.24) is 4.98 Å². The highest BCUT2D eigenvalue weighted by Crippen LogP contribution is 2.33. The maximum absolute atomic E-state index is 12.6. The number of benzene rings is 1. The molecule has 0 saturated heterocycles. The largest absolute Gasteiger partial charge is 0.497 e. The molecule has 0 aliphatic heterocycles. The number of anilines is 1. The predicted octanol–water partition coefficient (Wildman–Crippen LogP) is 3.48. The molecule has 0 aliphatic rings. The van der Waals surface area contributed by atoms with E-state index in [1.807, 2.05) is 0 Å². The Kier molecular flexibility index (Phi) is 3.69. The fourth-order valence-corrected chi connectivity index (χ4v) is 1.51. The SMILES string of the molecule is COc1ccc(Oc2cc(C(F)(F)F)cc(N)n2)cc1. The standard InChI is InChI=1S/C13H11F3N2O2/c1-19-9-2-4-10(5-3-9)20-12-7-8(13(14,15)16)6-11(17)18-12/h2-7H,1H3,(H2,17,18). The number of nitrogens with zero attached hydrogens (tertiary/aromatic N) is 1. The Labute approximate surface area is 113 Å². The maximum atomic E-state index is 12.6. The molecule has 0 fully saturated rings. The van der Waals surface area contributed by atoms with Crippen LogP contribution in [0.4, 0.5) is 19.0 Å². The molecule has 1 aromatic carbocycles. The van der Waals surface area contributed by atoms with Crippen molar-refractivity contribution < 1.29 is 22.6 Å². The summed E-state index contributed by atoms with van der Waals surface area (Å²) in [5, 5.41) is 0. The van der Waals surface area contributed by atoms with E-state index in [0.29, 0.717) is 11.5 Å². The first-order chi connectivity index (χ1) is 9.38. The number of rotatable bonds is 3. The van der Waals surface area contributed by atoms with Crippen molar-refractivity contribution in [3.8, 4) is 17.4 Å². The molecule has 7 heteroatoms. The van der Waals surface area contributed by atoms with E-state index >= 15 is 0 Å². The summed E-state index contributed by atoms with van der Waals surface area (Å²) in [6.07, 6.45) is -4.50. The van der Waals surface area contributed by atoms with Gasteiger partial charge in [-0.25, -0.2) is 0 Å². The van der Waals surface area contributed by atoms with Crippen LogP contribution in [0.2, 0.25) is 0 Å². The Balaban J connectivity index is 2.26. The normalized spacial score (nSPS) is 11.2. The van der Waals surface area contributed by atoms with Crippen LogP contribution in [0.3, 0.4) is 0 Å². The smallest absolute Gasteiger partial charge is 0.416 e. The highest BCUT2D eigenvalue weighted by atomic mass is 19.4. The van der Waals surface area contributed by atoms with E-state index in [1.165, 1.54) is 7.11 Å². The van der Waals surface area contributed by atoms with Crippen molar-refractivity contribution in [1.29, 1.82) is 0 Å². The summed E-state index contributed by atoms with van der Waals surface area (Å²) >= 11 is 0. The zero-order chi connectivity index (χ0) is 14.8. The zero-order valence-corrected chi connectivity index (χ0v) is 10.4. The minimum absolute atomic E-state index is 0.220. The van der Waals surface area contributed by atoms with Gasteiger partial charge in [0.1, 0.15) is 17.3 Å². The van der Waals surface area contributed by atoms with Gasteiger partial charge < -0.3 is 15.2 Å². The lowest BCUT2D eigenvalue weighted by molar-refractivity contribution is -0.137. The molecule has 20 heavy (non-hydrogen) atoms. The van der Waals surface area contributed by atoms with Gasteiger partial charge in [0.2, 0.25) is 5.88 Å². The number of aromatic nitrogens is 1. The van der Waals surface area contributed by atoms with Crippen LogP contribution in [-0.4, -0.2) is 12.1 Å². The lowest BCUT2D eigenvalue weighted by Gasteiger charge is -2.10. The average Bonchev–Trinajstić information content (AvgIpc) is 2.38. The number of nitrogen functional groups attached to an aromatic ring is 1. The second-order valence-electron chi connectivity index (χ2n) is 3.89. The van der Waals surface area contributed by atoms with Crippen molar-refractivity contribution in [3.63, 3.8) is 0 Å². The molecule has 0 bridgehead atoms. The molecular weight excluding hydrogens is 273 g/mol. The number of alkyl halides is 3. The molecular formula is C13H11F3N2O2. The minimum atomic E-state index is -4.50. The van der Waals surface area contributed by atoms with Crippen LogP contribution in [0.5, 0.6) is 17.4 Å². The number of hydrogen-bond donors (Lipinski definition) is 1. The van der Waals surface area contributed by atoms with E-state index in [2.05, 4.69) is 4.98 Å². The molecule has 1 heterocycles. The number of halogens is 3. The molecule has 0 aliphatic carbocycles. The topological polar surface area (TPSA) is 57.4 Å². The van der Waals surface area contributed by atoms with Gasteiger partial charge in [0.15, 0.2) is 0 Å². The predicted molar refractivity (Wildman–Crippen MR) is 66.7 cm³/mol. The molecule has 0 amide bonds. The summed E-state index contributed by atoms with van der Waals surface area (Å²) in [5.41, 5.74) is 4.44. The third-order valence-corrected chi connectivity index (χ3v) is 2.43. The molecule has 1 aromatic heterocycles. The van der Waals surface area contributed by atoms with E-state index in [-0.39, 0.29) is 11.7 Å². The summed E-state index contributed by atoms with van der Waals surface area (Å²) in [7, 11) is 1.50. The van der Waals surface area contributed by atoms with Crippen molar-refractivity contribution >= 4 is 5.82 Å². The lowest BCUT2D eigenvalue weighted by Crippen LogP contribution is -2.07. The summed E-state index contributed by atoms with van der Waals surface area (Å²) in [5.74, 6) is 0.455.